The average Bonchev–Trinajstić information content (AvgIpc) is 3.19. The Kier molecular flexibility index (Phi) is 6.36. The monoisotopic (exact) mass is 436 g/mol. The second-order valence-electron chi connectivity index (χ2n) is 7.28. The quantitative estimate of drug-likeness (QED) is 0.432. The number of amides is 1. The maximum absolute atomic E-state index is 12.7. The van der Waals surface area contributed by atoms with E-state index in [1.165, 1.54) is 17.3 Å². The molecule has 1 amide bonds. The Labute approximate surface area is 185 Å². The van der Waals surface area contributed by atoms with Crippen molar-refractivity contribution in [3.05, 3.63) is 65.5 Å². The lowest BCUT2D eigenvalue weighted by molar-refractivity contribution is -0.119. The van der Waals surface area contributed by atoms with E-state index >= 15 is 0 Å². The number of para-hydroxylation sites is 1. The molecule has 0 saturated carbocycles. The smallest absolute Gasteiger partial charge is 0.338 e. The van der Waals surface area contributed by atoms with E-state index in [1.807, 2.05) is 48.1 Å². The van der Waals surface area contributed by atoms with Gasteiger partial charge in [0.05, 0.1) is 12.0 Å². The first-order chi connectivity index (χ1) is 15.1. The molecule has 1 aliphatic heterocycles. The van der Waals surface area contributed by atoms with Crippen LogP contribution in [0.25, 0.3) is 5.69 Å². The highest BCUT2D eigenvalue weighted by atomic mass is 32.2. The van der Waals surface area contributed by atoms with Crippen molar-refractivity contribution in [2.45, 2.75) is 31.3 Å². The minimum absolute atomic E-state index is 0.0250. The van der Waals surface area contributed by atoms with Crippen LogP contribution in [0.1, 0.15) is 34.6 Å². The van der Waals surface area contributed by atoms with Crippen LogP contribution in [0.4, 0.5) is 5.69 Å². The van der Waals surface area contributed by atoms with Crippen molar-refractivity contribution in [1.29, 1.82) is 0 Å². The van der Waals surface area contributed by atoms with Crippen molar-refractivity contribution in [2.24, 2.45) is 0 Å². The van der Waals surface area contributed by atoms with Gasteiger partial charge in [0.2, 0.25) is 5.91 Å². The molecule has 0 atom stereocenters. The van der Waals surface area contributed by atoms with Crippen LogP contribution < -0.4 is 4.90 Å². The standard InChI is InChI=1S/C23H24N4O3S/c1-16-24-25-23(31-2)27(16)19-11-9-18(10-12-19)22(29)30-15-13-21(28)26-14-5-7-17-6-3-4-8-20(17)26/h3-4,6,8-12H,5,7,13-15H2,1-2H3. The number of ether oxygens (including phenoxy) is 1. The van der Waals surface area contributed by atoms with Crippen molar-refractivity contribution in [3.63, 3.8) is 0 Å². The zero-order valence-electron chi connectivity index (χ0n) is 17.6. The van der Waals surface area contributed by atoms with E-state index in [1.54, 1.807) is 17.0 Å². The molecule has 2 aromatic carbocycles. The molecule has 0 radical (unpaired) electrons. The van der Waals surface area contributed by atoms with Crippen LogP contribution in [-0.4, -0.2) is 46.0 Å². The summed E-state index contributed by atoms with van der Waals surface area (Å²) in [6.07, 6.45) is 4.03. The number of esters is 1. The molecule has 31 heavy (non-hydrogen) atoms. The molecule has 0 N–H and O–H groups in total. The zero-order valence-corrected chi connectivity index (χ0v) is 18.4. The topological polar surface area (TPSA) is 77.3 Å². The van der Waals surface area contributed by atoms with Gasteiger partial charge in [-0.3, -0.25) is 9.36 Å². The number of rotatable bonds is 6. The molecule has 3 aromatic rings. The molecule has 2 heterocycles. The molecule has 8 heteroatoms. The Hall–Kier alpha value is -3.13. The summed E-state index contributed by atoms with van der Waals surface area (Å²) in [4.78, 5) is 26.9. The van der Waals surface area contributed by atoms with E-state index in [4.69, 9.17) is 4.74 Å². The molecule has 4 rings (SSSR count). The number of aryl methyl sites for hydroxylation is 2. The van der Waals surface area contributed by atoms with E-state index in [0.29, 0.717) is 12.1 Å². The van der Waals surface area contributed by atoms with Gasteiger partial charge in [0.25, 0.3) is 0 Å². The molecule has 0 bridgehead atoms. The number of nitrogens with zero attached hydrogens (tertiary/aromatic N) is 4. The highest BCUT2D eigenvalue weighted by Crippen LogP contribution is 2.27. The number of aromatic nitrogens is 3. The normalized spacial score (nSPS) is 13.0. The van der Waals surface area contributed by atoms with Crippen molar-refractivity contribution < 1.29 is 14.3 Å². The highest BCUT2D eigenvalue weighted by Gasteiger charge is 2.22. The molecule has 7 nitrogen and oxygen atoms in total. The van der Waals surface area contributed by atoms with E-state index < -0.39 is 5.97 Å². The van der Waals surface area contributed by atoms with Crippen LogP contribution in [0.3, 0.4) is 0 Å². The van der Waals surface area contributed by atoms with Gasteiger partial charge in [-0.1, -0.05) is 30.0 Å². The second kappa shape index (κ2) is 9.34. The van der Waals surface area contributed by atoms with Crippen molar-refractivity contribution in [3.8, 4) is 5.69 Å². The molecular weight excluding hydrogens is 412 g/mol. The summed E-state index contributed by atoms with van der Waals surface area (Å²) in [5.41, 5.74) is 3.47. The minimum Gasteiger partial charge on any atom is -0.462 e. The molecule has 1 aliphatic rings. The third kappa shape index (κ3) is 4.49. The summed E-state index contributed by atoms with van der Waals surface area (Å²) in [6.45, 7) is 2.64. The summed E-state index contributed by atoms with van der Waals surface area (Å²) in [6, 6.07) is 15.1. The van der Waals surface area contributed by atoms with E-state index in [2.05, 4.69) is 16.3 Å². The lowest BCUT2D eigenvalue weighted by atomic mass is 10.0. The van der Waals surface area contributed by atoms with Gasteiger partial charge in [-0.2, -0.15) is 0 Å². The second-order valence-corrected chi connectivity index (χ2v) is 8.05. The molecule has 0 spiro atoms. The summed E-state index contributed by atoms with van der Waals surface area (Å²) in [7, 11) is 0. The summed E-state index contributed by atoms with van der Waals surface area (Å²) >= 11 is 1.50. The lowest BCUT2D eigenvalue weighted by Gasteiger charge is -2.29. The Morgan fingerprint density at radius 3 is 2.65 bits per heavy atom. The Balaban J connectivity index is 1.34. The van der Waals surface area contributed by atoms with E-state index in [9.17, 15) is 9.59 Å². The summed E-state index contributed by atoms with van der Waals surface area (Å²) in [5.74, 6) is 0.310. The zero-order chi connectivity index (χ0) is 21.8. The van der Waals surface area contributed by atoms with Gasteiger partial charge in [0, 0.05) is 17.9 Å². The largest absolute Gasteiger partial charge is 0.462 e. The number of carbonyl (C=O) groups is 2. The molecule has 1 aromatic heterocycles. The number of fused-ring (bicyclic) bond motifs is 1. The van der Waals surface area contributed by atoms with Crippen LogP contribution in [0.5, 0.6) is 0 Å². The first-order valence-electron chi connectivity index (χ1n) is 10.2. The summed E-state index contributed by atoms with van der Waals surface area (Å²) in [5, 5.41) is 9.00. The van der Waals surface area contributed by atoms with Gasteiger partial charge in [0.1, 0.15) is 12.4 Å². The number of hydrogen-bond donors (Lipinski definition) is 0. The SMILES string of the molecule is CSc1nnc(C)n1-c1ccc(C(=O)OCCC(=O)N2CCCc3ccccc32)cc1. The van der Waals surface area contributed by atoms with Crippen LogP contribution in [-0.2, 0) is 16.0 Å². The predicted octanol–water partition coefficient (Wildman–Crippen LogP) is 3.82. The maximum Gasteiger partial charge on any atom is 0.338 e. The number of carbonyl (C=O) groups excluding carboxylic acids is 2. The van der Waals surface area contributed by atoms with Gasteiger partial charge in [-0.05, 0) is 61.9 Å². The van der Waals surface area contributed by atoms with Gasteiger partial charge >= 0.3 is 5.97 Å². The molecule has 0 saturated heterocycles. The number of thioether (sulfide) groups is 1. The van der Waals surface area contributed by atoms with Crippen LogP contribution in [0.15, 0.2) is 53.7 Å². The van der Waals surface area contributed by atoms with Crippen molar-refractivity contribution >= 4 is 29.3 Å². The predicted molar refractivity (Wildman–Crippen MR) is 120 cm³/mol. The third-order valence-corrected chi connectivity index (χ3v) is 5.93. The Morgan fingerprint density at radius 2 is 1.87 bits per heavy atom. The van der Waals surface area contributed by atoms with Crippen LogP contribution in [0.2, 0.25) is 0 Å². The molecule has 0 unspecified atom stereocenters. The lowest BCUT2D eigenvalue weighted by Crippen LogP contribution is -2.36. The number of benzene rings is 2. The van der Waals surface area contributed by atoms with Gasteiger partial charge in [-0.15, -0.1) is 10.2 Å². The fourth-order valence-electron chi connectivity index (χ4n) is 3.76. The van der Waals surface area contributed by atoms with Crippen molar-refractivity contribution in [2.75, 3.05) is 24.3 Å². The minimum atomic E-state index is -0.441. The maximum atomic E-state index is 12.7. The fourth-order valence-corrected chi connectivity index (χ4v) is 4.30. The number of hydrogen-bond acceptors (Lipinski definition) is 6. The van der Waals surface area contributed by atoms with E-state index in [-0.39, 0.29) is 18.9 Å². The highest BCUT2D eigenvalue weighted by molar-refractivity contribution is 7.98. The first-order valence-corrected chi connectivity index (χ1v) is 11.4. The summed E-state index contributed by atoms with van der Waals surface area (Å²) < 4.78 is 7.28. The van der Waals surface area contributed by atoms with E-state index in [0.717, 1.165) is 35.2 Å². The molecule has 0 fully saturated rings. The first kappa shape index (κ1) is 21.1. The van der Waals surface area contributed by atoms with Crippen molar-refractivity contribution in [1.82, 2.24) is 14.8 Å². The average molecular weight is 437 g/mol. The molecule has 160 valence electrons. The van der Waals surface area contributed by atoms with Gasteiger partial charge < -0.3 is 9.64 Å². The third-order valence-electron chi connectivity index (χ3n) is 5.30. The number of anilines is 1. The van der Waals surface area contributed by atoms with Crippen LogP contribution >= 0.6 is 11.8 Å². The Morgan fingerprint density at radius 1 is 1.10 bits per heavy atom. The molecular formula is C23H24N4O3S. The fraction of sp³-hybridized carbons (Fsp3) is 0.304. The van der Waals surface area contributed by atoms with Gasteiger partial charge in [0.15, 0.2) is 5.16 Å². The Bertz CT molecular complexity index is 1090. The molecule has 0 aliphatic carbocycles. The van der Waals surface area contributed by atoms with Gasteiger partial charge in [-0.25, -0.2) is 4.79 Å². The van der Waals surface area contributed by atoms with Crippen LogP contribution in [0, 0.1) is 6.92 Å².